The normalized spacial score (nSPS) is 12.2. The highest BCUT2D eigenvalue weighted by molar-refractivity contribution is 6.39. The van der Waals surface area contributed by atoms with E-state index in [4.69, 9.17) is 27.9 Å². The van der Waals surface area contributed by atoms with Crippen molar-refractivity contribution in [2.45, 2.75) is 13.0 Å². The summed E-state index contributed by atoms with van der Waals surface area (Å²) in [5.41, 5.74) is 0.341. The van der Waals surface area contributed by atoms with E-state index >= 15 is 0 Å². The molecule has 1 aromatic rings. The van der Waals surface area contributed by atoms with Gasteiger partial charge in [-0.05, 0) is 6.92 Å². The number of nitro groups is 1. The van der Waals surface area contributed by atoms with E-state index in [-0.39, 0.29) is 21.8 Å². The first-order valence-corrected chi connectivity index (χ1v) is 5.61. The lowest BCUT2D eigenvalue weighted by molar-refractivity contribution is -0.384. The predicted octanol–water partition coefficient (Wildman–Crippen LogP) is 3.35. The number of anilines is 1. The van der Waals surface area contributed by atoms with Gasteiger partial charge in [0.05, 0.1) is 26.8 Å². The van der Waals surface area contributed by atoms with Crippen LogP contribution < -0.4 is 5.32 Å². The van der Waals surface area contributed by atoms with Gasteiger partial charge in [0.25, 0.3) is 5.69 Å². The van der Waals surface area contributed by atoms with Crippen LogP contribution in [-0.2, 0) is 4.74 Å². The Morgan fingerprint density at radius 1 is 1.47 bits per heavy atom. The summed E-state index contributed by atoms with van der Waals surface area (Å²) in [4.78, 5) is 10.0. The van der Waals surface area contributed by atoms with Crippen molar-refractivity contribution in [2.24, 2.45) is 0 Å². The Balaban J connectivity index is 2.90. The lowest BCUT2D eigenvalue weighted by Gasteiger charge is -2.14. The second-order valence-corrected chi connectivity index (χ2v) is 4.28. The number of halogens is 2. The molecule has 0 aliphatic heterocycles. The molecule has 0 spiro atoms. The van der Waals surface area contributed by atoms with Crippen molar-refractivity contribution in [1.29, 1.82) is 0 Å². The Hall–Kier alpha value is -1.04. The van der Waals surface area contributed by atoms with Crippen molar-refractivity contribution in [3.63, 3.8) is 0 Å². The second-order valence-electron chi connectivity index (χ2n) is 3.47. The monoisotopic (exact) mass is 278 g/mol. The Morgan fingerprint density at radius 3 is 2.41 bits per heavy atom. The third-order valence-corrected chi connectivity index (χ3v) is 2.80. The van der Waals surface area contributed by atoms with Crippen LogP contribution >= 0.6 is 23.2 Å². The minimum Gasteiger partial charge on any atom is -0.380 e. The first-order chi connectivity index (χ1) is 7.95. The van der Waals surface area contributed by atoms with Crippen LogP contribution in [0.4, 0.5) is 11.4 Å². The molecule has 0 saturated heterocycles. The number of nitrogens with zero attached hydrogens (tertiary/aromatic N) is 1. The van der Waals surface area contributed by atoms with Crippen LogP contribution in [0, 0.1) is 10.1 Å². The molecule has 0 heterocycles. The average Bonchev–Trinajstić information content (AvgIpc) is 2.27. The molecule has 0 amide bonds. The summed E-state index contributed by atoms with van der Waals surface area (Å²) in [7, 11) is 1.59. The molecule has 7 heteroatoms. The van der Waals surface area contributed by atoms with E-state index in [1.54, 1.807) is 7.11 Å². The van der Waals surface area contributed by atoms with Gasteiger partial charge in [-0.1, -0.05) is 23.2 Å². The van der Waals surface area contributed by atoms with Gasteiger partial charge in [0.2, 0.25) is 0 Å². The molecule has 0 saturated carbocycles. The fraction of sp³-hybridized carbons (Fsp3) is 0.400. The summed E-state index contributed by atoms with van der Waals surface area (Å²) >= 11 is 11.8. The molecule has 0 fully saturated rings. The standard InChI is InChI=1S/C10H12Cl2N2O3/c1-6(17-2)5-13-10-8(11)3-7(14(15)16)4-9(10)12/h3-4,6,13H,5H2,1-2H3. The Morgan fingerprint density at radius 2 is 2.00 bits per heavy atom. The molecule has 0 aliphatic carbocycles. The number of nitrogens with one attached hydrogen (secondary N) is 1. The summed E-state index contributed by atoms with van der Waals surface area (Å²) in [5, 5.41) is 14.0. The number of hydrogen-bond acceptors (Lipinski definition) is 4. The van der Waals surface area contributed by atoms with Crippen molar-refractivity contribution < 1.29 is 9.66 Å². The van der Waals surface area contributed by atoms with Gasteiger partial charge < -0.3 is 10.1 Å². The van der Waals surface area contributed by atoms with Crippen LogP contribution in [0.1, 0.15) is 6.92 Å². The van der Waals surface area contributed by atoms with Crippen molar-refractivity contribution in [1.82, 2.24) is 0 Å². The van der Waals surface area contributed by atoms with Crippen LogP contribution in [0.2, 0.25) is 10.0 Å². The molecule has 1 aromatic carbocycles. The molecule has 5 nitrogen and oxygen atoms in total. The van der Waals surface area contributed by atoms with Crippen LogP contribution in [0.5, 0.6) is 0 Å². The zero-order chi connectivity index (χ0) is 13.0. The highest BCUT2D eigenvalue weighted by Crippen LogP contribution is 2.34. The fourth-order valence-electron chi connectivity index (χ4n) is 1.16. The van der Waals surface area contributed by atoms with Crippen molar-refractivity contribution >= 4 is 34.6 Å². The number of benzene rings is 1. The van der Waals surface area contributed by atoms with Gasteiger partial charge in [-0.15, -0.1) is 0 Å². The van der Waals surface area contributed by atoms with Gasteiger partial charge in [0.1, 0.15) is 0 Å². The number of ether oxygens (including phenoxy) is 1. The lowest BCUT2D eigenvalue weighted by Crippen LogP contribution is -2.18. The van der Waals surface area contributed by atoms with E-state index < -0.39 is 4.92 Å². The third-order valence-electron chi connectivity index (χ3n) is 2.21. The maximum atomic E-state index is 10.6. The molecular weight excluding hydrogens is 267 g/mol. The minimum atomic E-state index is -0.542. The van der Waals surface area contributed by atoms with Gasteiger partial charge in [-0.3, -0.25) is 10.1 Å². The molecule has 1 rings (SSSR count). The highest BCUT2D eigenvalue weighted by Gasteiger charge is 2.14. The smallest absolute Gasteiger partial charge is 0.272 e. The van der Waals surface area contributed by atoms with E-state index in [0.29, 0.717) is 12.2 Å². The largest absolute Gasteiger partial charge is 0.380 e. The maximum Gasteiger partial charge on any atom is 0.272 e. The molecule has 0 aliphatic rings. The molecule has 1 unspecified atom stereocenters. The first-order valence-electron chi connectivity index (χ1n) is 4.85. The topological polar surface area (TPSA) is 64.4 Å². The van der Waals surface area contributed by atoms with Gasteiger partial charge in [-0.2, -0.15) is 0 Å². The minimum absolute atomic E-state index is 0.0164. The summed E-state index contributed by atoms with van der Waals surface area (Å²) < 4.78 is 5.06. The number of non-ortho nitro benzene ring substituents is 1. The van der Waals surface area contributed by atoms with Gasteiger partial charge in [0.15, 0.2) is 0 Å². The van der Waals surface area contributed by atoms with Crippen molar-refractivity contribution in [3.8, 4) is 0 Å². The first kappa shape index (κ1) is 14.0. The maximum absolute atomic E-state index is 10.6. The number of hydrogen-bond donors (Lipinski definition) is 1. The molecule has 17 heavy (non-hydrogen) atoms. The van der Waals surface area contributed by atoms with Crippen LogP contribution in [0.25, 0.3) is 0 Å². The summed E-state index contributed by atoms with van der Waals surface area (Å²) in [6.45, 7) is 2.38. The van der Waals surface area contributed by atoms with E-state index in [1.807, 2.05) is 6.92 Å². The van der Waals surface area contributed by atoms with E-state index in [2.05, 4.69) is 5.32 Å². The molecule has 0 radical (unpaired) electrons. The van der Waals surface area contributed by atoms with Crippen molar-refractivity contribution in [2.75, 3.05) is 19.0 Å². The Bertz CT molecular complexity index is 403. The Kier molecular flexibility index (Phi) is 4.99. The van der Waals surface area contributed by atoms with E-state index in [9.17, 15) is 10.1 Å². The lowest BCUT2D eigenvalue weighted by atomic mass is 10.2. The third kappa shape index (κ3) is 3.73. The fourth-order valence-corrected chi connectivity index (χ4v) is 1.77. The summed E-state index contributed by atoms with van der Waals surface area (Å²) in [5.74, 6) is 0. The van der Waals surface area contributed by atoms with Crippen LogP contribution in [-0.4, -0.2) is 24.7 Å². The molecule has 0 aromatic heterocycles. The molecular formula is C10H12Cl2N2O3. The number of methoxy groups -OCH3 is 1. The van der Waals surface area contributed by atoms with Crippen molar-refractivity contribution in [3.05, 3.63) is 32.3 Å². The van der Waals surface area contributed by atoms with Gasteiger partial charge in [0, 0.05) is 25.8 Å². The summed E-state index contributed by atoms with van der Waals surface area (Å²) in [6, 6.07) is 2.51. The zero-order valence-electron chi connectivity index (χ0n) is 9.37. The SMILES string of the molecule is COC(C)CNc1c(Cl)cc([N+](=O)[O-])cc1Cl. The zero-order valence-corrected chi connectivity index (χ0v) is 10.9. The van der Waals surface area contributed by atoms with E-state index in [0.717, 1.165) is 0 Å². The van der Waals surface area contributed by atoms with E-state index in [1.165, 1.54) is 12.1 Å². The molecule has 94 valence electrons. The van der Waals surface area contributed by atoms with Gasteiger partial charge in [-0.25, -0.2) is 0 Å². The van der Waals surface area contributed by atoms with Crippen LogP contribution in [0.3, 0.4) is 0 Å². The van der Waals surface area contributed by atoms with Crippen LogP contribution in [0.15, 0.2) is 12.1 Å². The molecule has 0 bridgehead atoms. The number of nitro benzene ring substituents is 1. The number of rotatable bonds is 5. The highest BCUT2D eigenvalue weighted by atomic mass is 35.5. The second kappa shape index (κ2) is 6.05. The van der Waals surface area contributed by atoms with Gasteiger partial charge >= 0.3 is 0 Å². The molecule has 1 atom stereocenters. The molecule has 1 N–H and O–H groups in total. The predicted molar refractivity (Wildman–Crippen MR) is 68.1 cm³/mol. The Labute approximate surface area is 109 Å². The average molecular weight is 279 g/mol. The quantitative estimate of drug-likeness (QED) is 0.663. The summed E-state index contributed by atoms with van der Waals surface area (Å²) in [6.07, 6.45) is -0.0164.